The average molecular weight is 625 g/mol. The van der Waals surface area contributed by atoms with Crippen molar-refractivity contribution in [1.82, 2.24) is 41.2 Å². The first kappa shape index (κ1) is 30.6. The van der Waals surface area contributed by atoms with Crippen LogP contribution >= 0.6 is 0 Å². The monoisotopic (exact) mass is 624 g/mol. The van der Waals surface area contributed by atoms with E-state index in [1.807, 2.05) is 54.7 Å². The molecule has 13 heteroatoms. The number of fused-ring (bicyclic) bond motifs is 2. The van der Waals surface area contributed by atoms with E-state index in [1.54, 1.807) is 6.20 Å². The minimum Gasteiger partial charge on any atom is -0.480 e. The number of amides is 3. The van der Waals surface area contributed by atoms with Gasteiger partial charge in [-0.05, 0) is 42.6 Å². The molecule has 0 bridgehead atoms. The SMILES string of the molecule is O=C(O)C(Cc1c[nH]c2ccccc12)NC(=O)C(Cc1cnc[nH]1)NC(=O)C(Cc1c[nH]c2ccccc12)NC(=O)C1CCCN1. The third-order valence-corrected chi connectivity index (χ3v) is 8.43. The Morgan fingerprint density at radius 2 is 1.37 bits per heavy atom. The van der Waals surface area contributed by atoms with Gasteiger partial charge in [-0.3, -0.25) is 14.4 Å². The highest BCUT2D eigenvalue weighted by molar-refractivity contribution is 5.95. The molecule has 1 aliphatic rings. The maximum absolute atomic E-state index is 13.9. The first-order valence-electron chi connectivity index (χ1n) is 15.3. The zero-order valence-electron chi connectivity index (χ0n) is 25.0. The molecule has 3 amide bonds. The van der Waals surface area contributed by atoms with Crippen LogP contribution in [0.5, 0.6) is 0 Å². The number of H-pyrrole nitrogens is 3. The summed E-state index contributed by atoms with van der Waals surface area (Å²) in [6, 6.07) is 11.3. The minimum absolute atomic E-state index is 0.0227. The topological polar surface area (TPSA) is 197 Å². The van der Waals surface area contributed by atoms with Crippen LogP contribution in [0.2, 0.25) is 0 Å². The lowest BCUT2D eigenvalue weighted by Crippen LogP contribution is -2.58. The van der Waals surface area contributed by atoms with Crippen LogP contribution in [0.4, 0.5) is 0 Å². The fraction of sp³-hybridized carbons (Fsp3) is 0.303. The van der Waals surface area contributed by atoms with Gasteiger partial charge in [0.05, 0.1) is 12.4 Å². The molecule has 6 rings (SSSR count). The van der Waals surface area contributed by atoms with Gasteiger partial charge < -0.3 is 41.3 Å². The van der Waals surface area contributed by atoms with Crippen molar-refractivity contribution in [3.8, 4) is 0 Å². The fourth-order valence-corrected chi connectivity index (χ4v) is 6.00. The van der Waals surface area contributed by atoms with Crippen LogP contribution < -0.4 is 21.3 Å². The molecule has 4 heterocycles. The molecule has 238 valence electrons. The Morgan fingerprint density at radius 1 is 0.783 bits per heavy atom. The molecule has 0 radical (unpaired) electrons. The number of aliphatic carboxylic acids is 1. The van der Waals surface area contributed by atoms with Gasteiger partial charge in [-0.25, -0.2) is 9.78 Å². The summed E-state index contributed by atoms with van der Waals surface area (Å²) in [6.07, 6.45) is 8.26. The number of carbonyl (C=O) groups excluding carboxylic acids is 3. The fourth-order valence-electron chi connectivity index (χ4n) is 6.00. The van der Waals surface area contributed by atoms with Gasteiger partial charge in [0.15, 0.2) is 0 Å². The zero-order valence-corrected chi connectivity index (χ0v) is 25.0. The van der Waals surface area contributed by atoms with Crippen LogP contribution in [-0.4, -0.2) is 79.4 Å². The summed E-state index contributed by atoms with van der Waals surface area (Å²) >= 11 is 0. The second-order valence-corrected chi connectivity index (χ2v) is 11.6. The Bertz CT molecular complexity index is 1840. The standard InChI is InChI=1S/C33H36N8O5/c42-30(26-10-5-11-35-26)39-27(12-19-15-36-24-8-3-1-6-22(19)24)31(43)40-28(14-21-17-34-18-38-21)32(44)41-29(33(45)46)13-20-16-37-25-9-4-2-7-23(20)25/h1-4,6-9,15-18,26-29,35-37H,5,10-14H2,(H,34,38)(H,39,42)(H,40,43)(H,41,44)(H,45,46). The highest BCUT2D eigenvalue weighted by Gasteiger charge is 2.32. The van der Waals surface area contributed by atoms with Crippen molar-refractivity contribution in [1.29, 1.82) is 0 Å². The lowest BCUT2D eigenvalue weighted by Gasteiger charge is -2.25. The summed E-state index contributed by atoms with van der Waals surface area (Å²) < 4.78 is 0. The molecule has 4 unspecified atom stereocenters. The smallest absolute Gasteiger partial charge is 0.326 e. The largest absolute Gasteiger partial charge is 0.480 e. The van der Waals surface area contributed by atoms with Crippen molar-refractivity contribution >= 4 is 45.5 Å². The molecule has 46 heavy (non-hydrogen) atoms. The van der Waals surface area contributed by atoms with Crippen molar-refractivity contribution in [2.75, 3.05) is 6.54 Å². The van der Waals surface area contributed by atoms with E-state index in [1.165, 1.54) is 12.5 Å². The molecule has 0 aliphatic carbocycles. The third kappa shape index (κ3) is 6.94. The van der Waals surface area contributed by atoms with Crippen LogP contribution in [-0.2, 0) is 38.4 Å². The molecule has 5 aromatic rings. The number of nitrogens with zero attached hydrogens (tertiary/aromatic N) is 1. The van der Waals surface area contributed by atoms with Gasteiger partial charge in [0.25, 0.3) is 0 Å². The Balaban J connectivity index is 1.23. The molecular weight excluding hydrogens is 588 g/mol. The van der Waals surface area contributed by atoms with E-state index in [0.29, 0.717) is 18.7 Å². The van der Waals surface area contributed by atoms with Crippen LogP contribution in [0.25, 0.3) is 21.8 Å². The van der Waals surface area contributed by atoms with Gasteiger partial charge in [0, 0.05) is 65.4 Å². The molecule has 2 aromatic carbocycles. The minimum atomic E-state index is -1.26. The van der Waals surface area contributed by atoms with E-state index in [2.05, 4.69) is 41.2 Å². The van der Waals surface area contributed by atoms with Crippen LogP contribution in [0, 0.1) is 0 Å². The Morgan fingerprint density at radius 3 is 1.93 bits per heavy atom. The number of hydrogen-bond donors (Lipinski definition) is 8. The van der Waals surface area contributed by atoms with Crippen LogP contribution in [0.1, 0.15) is 29.7 Å². The van der Waals surface area contributed by atoms with Gasteiger partial charge >= 0.3 is 5.97 Å². The lowest BCUT2D eigenvalue weighted by molar-refractivity contribution is -0.142. The number of carboxylic acids is 1. The highest BCUT2D eigenvalue weighted by Crippen LogP contribution is 2.21. The van der Waals surface area contributed by atoms with E-state index < -0.39 is 42.0 Å². The Kier molecular flexibility index (Phi) is 9.10. The Hall–Kier alpha value is -5.43. The number of aromatic amines is 3. The van der Waals surface area contributed by atoms with Crippen LogP contribution in [0.15, 0.2) is 73.4 Å². The van der Waals surface area contributed by atoms with Gasteiger partial charge in [0.2, 0.25) is 17.7 Å². The predicted octanol–water partition coefficient (Wildman–Crippen LogP) is 1.69. The molecule has 13 nitrogen and oxygen atoms in total. The molecule has 1 fully saturated rings. The van der Waals surface area contributed by atoms with Gasteiger partial charge in [-0.1, -0.05) is 36.4 Å². The molecule has 0 spiro atoms. The molecule has 1 aliphatic heterocycles. The van der Waals surface area contributed by atoms with E-state index in [9.17, 15) is 24.3 Å². The van der Waals surface area contributed by atoms with E-state index in [-0.39, 0.29) is 25.2 Å². The second-order valence-electron chi connectivity index (χ2n) is 11.6. The number of nitrogens with one attached hydrogen (secondary N) is 7. The average Bonchev–Trinajstić information content (AvgIpc) is 3.88. The third-order valence-electron chi connectivity index (χ3n) is 8.43. The number of imidazole rings is 1. The molecule has 1 saturated heterocycles. The predicted molar refractivity (Wildman–Crippen MR) is 171 cm³/mol. The molecule has 0 saturated carbocycles. The molecule has 4 atom stereocenters. The first-order chi connectivity index (χ1) is 22.4. The van der Waals surface area contributed by atoms with Crippen molar-refractivity contribution in [2.24, 2.45) is 0 Å². The van der Waals surface area contributed by atoms with Gasteiger partial charge in [-0.15, -0.1) is 0 Å². The maximum atomic E-state index is 13.9. The van der Waals surface area contributed by atoms with E-state index in [4.69, 9.17) is 0 Å². The van der Waals surface area contributed by atoms with Crippen LogP contribution in [0.3, 0.4) is 0 Å². The van der Waals surface area contributed by atoms with Crippen molar-refractivity contribution < 1.29 is 24.3 Å². The quantitative estimate of drug-likeness (QED) is 0.0975. The highest BCUT2D eigenvalue weighted by atomic mass is 16.4. The van der Waals surface area contributed by atoms with Gasteiger partial charge in [-0.2, -0.15) is 0 Å². The number of carboxylic acid groups (broad SMARTS) is 1. The summed E-state index contributed by atoms with van der Waals surface area (Å²) in [7, 11) is 0. The maximum Gasteiger partial charge on any atom is 0.326 e. The Labute approximate surface area is 263 Å². The normalized spacial score (nSPS) is 16.6. The molecule has 3 aromatic heterocycles. The number of rotatable bonds is 13. The van der Waals surface area contributed by atoms with E-state index >= 15 is 0 Å². The van der Waals surface area contributed by atoms with Crippen molar-refractivity contribution in [3.05, 3.63) is 90.3 Å². The number of para-hydroxylation sites is 2. The summed E-state index contributed by atoms with van der Waals surface area (Å²) in [5, 5.41) is 23.3. The number of benzene rings is 2. The van der Waals surface area contributed by atoms with Crippen molar-refractivity contribution in [3.63, 3.8) is 0 Å². The lowest BCUT2D eigenvalue weighted by atomic mass is 10.0. The summed E-state index contributed by atoms with van der Waals surface area (Å²) in [5.74, 6) is -2.75. The summed E-state index contributed by atoms with van der Waals surface area (Å²) in [5.41, 5.74) is 3.88. The number of carbonyl (C=O) groups is 4. The summed E-state index contributed by atoms with van der Waals surface area (Å²) in [4.78, 5) is 66.4. The number of hydrogen-bond acceptors (Lipinski definition) is 6. The van der Waals surface area contributed by atoms with Gasteiger partial charge in [0.1, 0.15) is 18.1 Å². The van der Waals surface area contributed by atoms with Crippen molar-refractivity contribution in [2.45, 2.75) is 56.3 Å². The summed E-state index contributed by atoms with van der Waals surface area (Å²) in [6.45, 7) is 0.715. The second kappa shape index (κ2) is 13.7. The van der Waals surface area contributed by atoms with E-state index in [0.717, 1.165) is 39.4 Å². The first-order valence-corrected chi connectivity index (χ1v) is 15.3. The zero-order chi connectivity index (χ0) is 32.0. The molecular formula is C33H36N8O5. The number of aromatic nitrogens is 4. The molecule has 8 N–H and O–H groups in total.